The summed E-state index contributed by atoms with van der Waals surface area (Å²) in [6.45, 7) is 4.02. The normalized spacial score (nSPS) is 11.7. The predicted molar refractivity (Wildman–Crippen MR) is 67.0 cm³/mol. The van der Waals surface area contributed by atoms with Crippen LogP contribution in [0.1, 0.15) is 25.8 Å². The van der Waals surface area contributed by atoms with Crippen LogP contribution in [-0.2, 0) is 9.53 Å². The van der Waals surface area contributed by atoms with Crippen LogP contribution in [-0.4, -0.2) is 19.2 Å². The largest absolute Gasteiger partial charge is 0.479 e. The summed E-state index contributed by atoms with van der Waals surface area (Å²) in [5.74, 6) is 0.505. The van der Waals surface area contributed by atoms with Crippen molar-refractivity contribution in [2.45, 2.75) is 26.4 Å². The van der Waals surface area contributed by atoms with Crippen molar-refractivity contribution in [1.82, 2.24) is 0 Å². The van der Waals surface area contributed by atoms with Crippen LogP contribution in [0.15, 0.2) is 24.3 Å². The molecule has 0 unspecified atom stereocenters. The van der Waals surface area contributed by atoms with Gasteiger partial charge in [0.1, 0.15) is 5.75 Å². The molecule has 0 saturated carbocycles. The Morgan fingerprint density at radius 2 is 1.94 bits per heavy atom. The minimum Gasteiger partial charge on any atom is -0.479 e. The van der Waals surface area contributed by atoms with Crippen LogP contribution in [0.5, 0.6) is 5.75 Å². The van der Waals surface area contributed by atoms with E-state index in [1.165, 1.54) is 7.11 Å². The smallest absolute Gasteiger partial charge is 0.347 e. The van der Waals surface area contributed by atoms with Crippen LogP contribution >= 0.6 is 0 Å². The third-order valence-electron chi connectivity index (χ3n) is 2.41. The molecule has 18 heavy (non-hydrogen) atoms. The van der Waals surface area contributed by atoms with E-state index in [0.29, 0.717) is 23.7 Å². The molecule has 0 aliphatic carbocycles. The molecule has 0 spiro atoms. The molecule has 0 aliphatic rings. The number of nitrogens with zero attached hydrogens (tertiary/aromatic N) is 1. The van der Waals surface area contributed by atoms with Crippen LogP contribution in [0.3, 0.4) is 0 Å². The highest BCUT2D eigenvalue weighted by molar-refractivity contribution is 5.75. The Labute approximate surface area is 107 Å². The molecule has 4 nitrogen and oxygen atoms in total. The lowest BCUT2D eigenvalue weighted by atomic mass is 10.1. The number of carbonyl (C=O) groups is 1. The first-order chi connectivity index (χ1) is 8.56. The predicted octanol–water partition coefficient (Wildman–Crippen LogP) is 2.52. The van der Waals surface area contributed by atoms with Crippen molar-refractivity contribution < 1.29 is 14.3 Å². The molecule has 0 aliphatic heterocycles. The van der Waals surface area contributed by atoms with Crippen LogP contribution in [0.25, 0.3) is 0 Å². The molecule has 0 bridgehead atoms. The molecule has 1 rings (SSSR count). The Bertz CT molecular complexity index is 431. The van der Waals surface area contributed by atoms with Gasteiger partial charge < -0.3 is 9.47 Å². The fourth-order valence-electron chi connectivity index (χ4n) is 1.52. The van der Waals surface area contributed by atoms with Gasteiger partial charge in [-0.15, -0.1) is 0 Å². The number of benzene rings is 1. The molecule has 0 N–H and O–H groups in total. The standard InChI is InChI=1S/C14H17NO3/c1-10(2)8-13(14(16)17-3)18-12-6-4-11(9-15)5-7-12/h4-7,10,13H,8H2,1-3H3/t13-/m1/s1. The van der Waals surface area contributed by atoms with Gasteiger partial charge in [0.05, 0.1) is 18.7 Å². The number of carbonyl (C=O) groups excluding carboxylic acids is 1. The van der Waals surface area contributed by atoms with Gasteiger partial charge in [-0.2, -0.15) is 5.26 Å². The highest BCUT2D eigenvalue weighted by Crippen LogP contribution is 2.17. The average Bonchev–Trinajstić information content (AvgIpc) is 2.37. The number of esters is 1. The van der Waals surface area contributed by atoms with Crippen molar-refractivity contribution in [3.8, 4) is 11.8 Å². The monoisotopic (exact) mass is 247 g/mol. The zero-order valence-electron chi connectivity index (χ0n) is 10.8. The Hall–Kier alpha value is -2.02. The number of hydrogen-bond acceptors (Lipinski definition) is 4. The summed E-state index contributed by atoms with van der Waals surface area (Å²) in [7, 11) is 1.35. The number of ether oxygens (including phenoxy) is 2. The Morgan fingerprint density at radius 1 is 1.33 bits per heavy atom. The van der Waals surface area contributed by atoms with Gasteiger partial charge >= 0.3 is 5.97 Å². The molecule has 0 aromatic heterocycles. The second kappa shape index (κ2) is 6.65. The maximum Gasteiger partial charge on any atom is 0.347 e. The summed E-state index contributed by atoms with van der Waals surface area (Å²) < 4.78 is 10.3. The summed E-state index contributed by atoms with van der Waals surface area (Å²) in [5.41, 5.74) is 0.556. The van der Waals surface area contributed by atoms with Crippen LogP contribution in [0.4, 0.5) is 0 Å². The fourth-order valence-corrected chi connectivity index (χ4v) is 1.52. The highest BCUT2D eigenvalue weighted by Gasteiger charge is 2.22. The molecular formula is C14H17NO3. The van der Waals surface area contributed by atoms with E-state index in [1.54, 1.807) is 24.3 Å². The molecule has 0 amide bonds. The van der Waals surface area contributed by atoms with Gasteiger partial charge in [-0.25, -0.2) is 4.79 Å². The SMILES string of the molecule is COC(=O)[C@@H](CC(C)C)Oc1ccc(C#N)cc1. The number of methoxy groups -OCH3 is 1. The third-order valence-corrected chi connectivity index (χ3v) is 2.41. The van der Waals surface area contributed by atoms with Crippen molar-refractivity contribution in [3.63, 3.8) is 0 Å². The molecule has 0 fully saturated rings. The molecule has 1 aromatic carbocycles. The topological polar surface area (TPSA) is 59.3 Å². The van der Waals surface area contributed by atoms with Crippen LogP contribution in [0, 0.1) is 17.2 Å². The summed E-state index contributed by atoms with van der Waals surface area (Å²) in [4.78, 5) is 11.6. The zero-order chi connectivity index (χ0) is 13.5. The summed E-state index contributed by atoms with van der Waals surface area (Å²) in [6, 6.07) is 8.68. The second-order valence-electron chi connectivity index (χ2n) is 4.40. The van der Waals surface area contributed by atoms with Crippen molar-refractivity contribution in [1.29, 1.82) is 5.26 Å². The van der Waals surface area contributed by atoms with Gasteiger partial charge in [-0.05, 0) is 36.6 Å². The molecular weight excluding hydrogens is 230 g/mol. The van der Waals surface area contributed by atoms with E-state index < -0.39 is 6.10 Å². The molecule has 0 radical (unpaired) electrons. The summed E-state index contributed by atoms with van der Waals surface area (Å²) in [5, 5.41) is 8.69. The first-order valence-corrected chi connectivity index (χ1v) is 5.81. The molecule has 1 aromatic rings. The van der Waals surface area contributed by atoms with Gasteiger partial charge in [0, 0.05) is 0 Å². The number of rotatable bonds is 5. The molecule has 0 saturated heterocycles. The molecule has 0 heterocycles. The maximum atomic E-state index is 11.6. The second-order valence-corrected chi connectivity index (χ2v) is 4.40. The summed E-state index contributed by atoms with van der Waals surface area (Å²) in [6.07, 6.45) is -0.0184. The minimum atomic E-state index is -0.608. The minimum absolute atomic E-state index is 0.326. The third kappa shape index (κ3) is 4.10. The maximum absolute atomic E-state index is 11.6. The van der Waals surface area contributed by atoms with Gasteiger partial charge in [0.15, 0.2) is 6.10 Å². The first kappa shape index (κ1) is 14.0. The van der Waals surface area contributed by atoms with E-state index in [-0.39, 0.29) is 5.97 Å². The van der Waals surface area contributed by atoms with Gasteiger partial charge in [0.25, 0.3) is 0 Å². The average molecular weight is 247 g/mol. The fraction of sp³-hybridized carbons (Fsp3) is 0.429. The van der Waals surface area contributed by atoms with Gasteiger partial charge in [-0.1, -0.05) is 13.8 Å². The number of hydrogen-bond donors (Lipinski definition) is 0. The van der Waals surface area contributed by atoms with Gasteiger partial charge in [0.2, 0.25) is 0 Å². The van der Waals surface area contributed by atoms with Crippen molar-refractivity contribution >= 4 is 5.97 Å². The molecule has 96 valence electrons. The Kier molecular flexibility index (Phi) is 5.19. The molecule has 1 atom stereocenters. The lowest BCUT2D eigenvalue weighted by Gasteiger charge is -2.18. The Morgan fingerprint density at radius 3 is 2.39 bits per heavy atom. The van der Waals surface area contributed by atoms with Crippen molar-refractivity contribution in [3.05, 3.63) is 29.8 Å². The van der Waals surface area contributed by atoms with E-state index in [0.717, 1.165) is 0 Å². The molecule has 4 heteroatoms. The summed E-state index contributed by atoms with van der Waals surface area (Å²) >= 11 is 0. The lowest BCUT2D eigenvalue weighted by molar-refractivity contribution is -0.149. The zero-order valence-corrected chi connectivity index (χ0v) is 10.8. The quantitative estimate of drug-likeness (QED) is 0.750. The van der Waals surface area contributed by atoms with Crippen molar-refractivity contribution in [2.75, 3.05) is 7.11 Å². The van der Waals surface area contributed by atoms with Crippen LogP contribution in [0.2, 0.25) is 0 Å². The number of nitriles is 1. The van der Waals surface area contributed by atoms with Crippen molar-refractivity contribution in [2.24, 2.45) is 5.92 Å². The van der Waals surface area contributed by atoms with E-state index in [1.807, 2.05) is 19.9 Å². The highest BCUT2D eigenvalue weighted by atomic mass is 16.6. The van der Waals surface area contributed by atoms with E-state index in [9.17, 15) is 4.79 Å². The van der Waals surface area contributed by atoms with E-state index in [4.69, 9.17) is 14.7 Å². The first-order valence-electron chi connectivity index (χ1n) is 5.81. The lowest BCUT2D eigenvalue weighted by Crippen LogP contribution is -2.30. The van der Waals surface area contributed by atoms with Crippen LogP contribution < -0.4 is 4.74 Å². The van der Waals surface area contributed by atoms with Gasteiger partial charge in [-0.3, -0.25) is 0 Å². The Balaban J connectivity index is 2.75. The van der Waals surface area contributed by atoms with E-state index >= 15 is 0 Å². The van der Waals surface area contributed by atoms with E-state index in [2.05, 4.69) is 0 Å².